The molecule has 5 rings (SSSR count). The van der Waals surface area contributed by atoms with E-state index in [4.69, 9.17) is 18.9 Å². The number of carbonyl (C=O) groups is 4. The normalized spacial score (nSPS) is 13.2. The summed E-state index contributed by atoms with van der Waals surface area (Å²) in [5, 5.41) is 39.4. The van der Waals surface area contributed by atoms with Crippen molar-refractivity contribution in [2.75, 3.05) is 26.4 Å². The van der Waals surface area contributed by atoms with Crippen LogP contribution in [0, 0.1) is 0 Å². The number of benzene rings is 4. The lowest BCUT2D eigenvalue weighted by molar-refractivity contribution is -0.140. The summed E-state index contributed by atoms with van der Waals surface area (Å²) in [6.45, 7) is 22.7. The fourth-order valence-corrected chi connectivity index (χ4v) is 8.77. The number of rotatable bonds is 12. The van der Waals surface area contributed by atoms with Gasteiger partial charge in [-0.25, -0.2) is 19.2 Å². The average Bonchev–Trinajstić information content (AvgIpc) is 3.13. The number of ether oxygens (including phenoxy) is 4. The second kappa shape index (κ2) is 18.6. The van der Waals surface area contributed by atoms with Gasteiger partial charge in [0.15, 0.2) is 26.4 Å². The smallest absolute Gasteiger partial charge is 0.341 e. The number of hydrogen-bond acceptors (Lipinski definition) is 8. The Morgan fingerprint density at radius 1 is 0.375 bits per heavy atom. The van der Waals surface area contributed by atoms with Crippen molar-refractivity contribution in [3.05, 3.63) is 115 Å². The molecule has 4 aromatic carbocycles. The molecule has 0 aliphatic heterocycles. The molecule has 0 aromatic heterocycles. The van der Waals surface area contributed by atoms with Gasteiger partial charge in [-0.05, 0) is 113 Å². The highest BCUT2D eigenvalue weighted by atomic mass is 16.5. The van der Waals surface area contributed by atoms with Gasteiger partial charge in [-0.3, -0.25) is 0 Å². The largest absolute Gasteiger partial charge is 0.482 e. The monoisotopic (exact) mass is 880 g/mol. The van der Waals surface area contributed by atoms with Crippen LogP contribution in [-0.2, 0) is 66.5 Å². The van der Waals surface area contributed by atoms with E-state index in [2.05, 4.69) is 83.1 Å². The fourth-order valence-electron chi connectivity index (χ4n) is 8.77. The Morgan fingerprint density at radius 3 is 0.812 bits per heavy atom. The van der Waals surface area contributed by atoms with E-state index in [9.17, 15) is 39.6 Å². The molecule has 0 amide bonds. The average molecular weight is 881 g/mol. The van der Waals surface area contributed by atoms with Crippen LogP contribution >= 0.6 is 0 Å². The van der Waals surface area contributed by atoms with Crippen LogP contribution in [-0.4, -0.2) is 70.7 Å². The summed E-state index contributed by atoms with van der Waals surface area (Å²) in [4.78, 5) is 48.2. The maximum Gasteiger partial charge on any atom is 0.341 e. The summed E-state index contributed by atoms with van der Waals surface area (Å²) in [5.41, 5.74) is 8.12. The van der Waals surface area contributed by atoms with Crippen molar-refractivity contribution in [3.8, 4) is 23.0 Å². The van der Waals surface area contributed by atoms with Gasteiger partial charge in [0.25, 0.3) is 0 Å². The minimum atomic E-state index is -1.15. The molecule has 0 heterocycles. The van der Waals surface area contributed by atoms with Crippen LogP contribution in [0.1, 0.15) is 150 Å². The van der Waals surface area contributed by atoms with Gasteiger partial charge in [0.05, 0.1) is 0 Å². The standard InChI is InChI=1S/C52H64O12/c1-49(2,3)37-17-33-13-29-21-39(61-25-41(53)54)23-31(45(29)51(7,8)9)15-35-19-38(50(4,5)6)20-36(48(35)64-28-44(59)60)16-32-24-40(62-26-42(55)56)22-30(46(32)52(10,11)12)14-34(18-37)47(33)63-27-43(57)58/h17-24H,13-16,25-28H2,1-12H3,(H,53,54)(H,55,56)(H,57,58)(H,59,60). The Kier molecular flexibility index (Phi) is 14.2. The lowest BCUT2D eigenvalue weighted by Crippen LogP contribution is -2.22. The first-order chi connectivity index (χ1) is 29.5. The highest BCUT2D eigenvalue weighted by Gasteiger charge is 2.31. The van der Waals surface area contributed by atoms with E-state index in [-0.39, 0.29) is 36.5 Å². The van der Waals surface area contributed by atoms with Gasteiger partial charge < -0.3 is 39.4 Å². The maximum absolute atomic E-state index is 12.2. The van der Waals surface area contributed by atoms with Crippen LogP contribution in [0.15, 0.2) is 48.5 Å². The molecular formula is C52H64O12. The number of hydrogen-bond donors (Lipinski definition) is 4. The van der Waals surface area contributed by atoms with Gasteiger partial charge in [-0.1, -0.05) is 107 Å². The SMILES string of the molecule is CC(C)(C)c1cc2c(OCC(=O)O)c(c1)Cc1cc(OCC(=O)O)cc(c1C(C)(C)C)Cc1cc(C(C)(C)C)cc(c1OCC(=O)O)Cc1cc(OCC(=O)O)cc(c1C(C)(C)C)C2. The summed E-state index contributed by atoms with van der Waals surface area (Å²) in [5.74, 6) is -3.18. The van der Waals surface area contributed by atoms with Gasteiger partial charge in [-0.15, -0.1) is 0 Å². The van der Waals surface area contributed by atoms with Gasteiger partial charge >= 0.3 is 23.9 Å². The molecule has 0 saturated carbocycles. The minimum absolute atomic E-state index is 0.241. The summed E-state index contributed by atoms with van der Waals surface area (Å²) >= 11 is 0. The number of fused-ring (bicyclic) bond motifs is 8. The molecule has 0 atom stereocenters. The lowest BCUT2D eigenvalue weighted by atomic mass is 9.74. The van der Waals surface area contributed by atoms with Crippen molar-refractivity contribution in [3.63, 3.8) is 0 Å². The second-order valence-corrected chi connectivity index (χ2v) is 20.9. The van der Waals surface area contributed by atoms with Crippen LogP contribution in [0.2, 0.25) is 0 Å². The number of carboxylic acids is 4. The number of carboxylic acid groups (broad SMARTS) is 4. The molecule has 12 nitrogen and oxygen atoms in total. The van der Waals surface area contributed by atoms with Gasteiger partial charge in [0, 0.05) is 25.7 Å². The van der Waals surface area contributed by atoms with Crippen LogP contribution in [0.25, 0.3) is 0 Å². The Labute approximate surface area is 376 Å². The summed E-state index contributed by atoms with van der Waals surface area (Å²) in [7, 11) is 0. The zero-order valence-corrected chi connectivity index (χ0v) is 39.3. The van der Waals surface area contributed by atoms with Gasteiger partial charge in [-0.2, -0.15) is 0 Å². The van der Waals surface area contributed by atoms with Crippen molar-refractivity contribution in [2.45, 2.75) is 130 Å². The van der Waals surface area contributed by atoms with E-state index < -0.39 is 61.1 Å². The van der Waals surface area contributed by atoms with Crippen molar-refractivity contribution in [2.24, 2.45) is 0 Å². The van der Waals surface area contributed by atoms with E-state index in [1.807, 2.05) is 48.5 Å². The molecule has 0 unspecified atom stereocenters. The molecule has 4 N–H and O–H groups in total. The first-order valence-corrected chi connectivity index (χ1v) is 21.5. The minimum Gasteiger partial charge on any atom is -0.482 e. The van der Waals surface area contributed by atoms with E-state index in [1.165, 1.54) is 0 Å². The van der Waals surface area contributed by atoms with E-state index >= 15 is 0 Å². The Hall–Kier alpha value is -6.04. The first-order valence-electron chi connectivity index (χ1n) is 21.5. The van der Waals surface area contributed by atoms with Crippen molar-refractivity contribution < 1.29 is 58.6 Å². The quantitative estimate of drug-likeness (QED) is 0.0932. The maximum atomic E-state index is 12.2. The number of aliphatic carboxylic acids is 4. The van der Waals surface area contributed by atoms with E-state index in [1.54, 1.807) is 0 Å². The fraction of sp³-hybridized carbons (Fsp3) is 0.462. The topological polar surface area (TPSA) is 186 Å². The third-order valence-electron chi connectivity index (χ3n) is 11.2. The van der Waals surface area contributed by atoms with E-state index in [0.717, 1.165) is 44.5 Å². The molecule has 0 saturated heterocycles. The first kappa shape index (κ1) is 49.0. The third kappa shape index (κ3) is 12.1. The van der Waals surface area contributed by atoms with Crippen LogP contribution in [0.4, 0.5) is 0 Å². The molecule has 64 heavy (non-hydrogen) atoms. The molecule has 0 radical (unpaired) electrons. The second-order valence-electron chi connectivity index (χ2n) is 20.9. The van der Waals surface area contributed by atoms with Crippen molar-refractivity contribution >= 4 is 23.9 Å². The molecule has 1 aliphatic carbocycles. The molecule has 12 heteroatoms. The molecule has 8 bridgehead atoms. The summed E-state index contributed by atoms with van der Waals surface area (Å²) in [6, 6.07) is 15.5. The zero-order chi connectivity index (χ0) is 47.7. The van der Waals surface area contributed by atoms with E-state index in [0.29, 0.717) is 45.3 Å². The van der Waals surface area contributed by atoms with Crippen molar-refractivity contribution in [1.29, 1.82) is 0 Å². The third-order valence-corrected chi connectivity index (χ3v) is 11.2. The Balaban J connectivity index is 2.05. The van der Waals surface area contributed by atoms with Crippen LogP contribution in [0.3, 0.4) is 0 Å². The summed E-state index contributed by atoms with van der Waals surface area (Å²) in [6.07, 6.45) is 0.962. The zero-order valence-electron chi connectivity index (χ0n) is 39.3. The van der Waals surface area contributed by atoms with Gasteiger partial charge in [0.2, 0.25) is 0 Å². The van der Waals surface area contributed by atoms with Crippen LogP contribution < -0.4 is 18.9 Å². The Bertz CT molecular complexity index is 2180. The molecule has 1 aliphatic rings. The lowest BCUT2D eigenvalue weighted by Gasteiger charge is -2.31. The summed E-state index contributed by atoms with van der Waals surface area (Å²) < 4.78 is 24.5. The van der Waals surface area contributed by atoms with Gasteiger partial charge in [0.1, 0.15) is 23.0 Å². The highest BCUT2D eigenvalue weighted by Crippen LogP contribution is 2.44. The molecular weight excluding hydrogens is 817 g/mol. The predicted octanol–water partition coefficient (Wildman–Crippen LogP) is 9.41. The Morgan fingerprint density at radius 2 is 0.609 bits per heavy atom. The molecule has 0 fully saturated rings. The molecule has 4 aromatic rings. The van der Waals surface area contributed by atoms with Crippen molar-refractivity contribution in [1.82, 2.24) is 0 Å². The molecule has 0 spiro atoms. The highest BCUT2D eigenvalue weighted by molar-refractivity contribution is 5.71. The van der Waals surface area contributed by atoms with Crippen LogP contribution in [0.5, 0.6) is 23.0 Å². The molecule has 344 valence electrons. The predicted molar refractivity (Wildman–Crippen MR) is 244 cm³/mol.